The molecule has 1 rings (SSSR count). The maximum atomic E-state index is 5.30. The molecule has 68 valence electrons. The summed E-state index contributed by atoms with van der Waals surface area (Å²) in [5.74, 6) is 0. The van der Waals surface area contributed by atoms with Gasteiger partial charge in [-0.05, 0) is 6.42 Å². The van der Waals surface area contributed by atoms with E-state index in [-0.39, 0.29) is 12.4 Å². The molecule has 0 aliphatic carbocycles. The average Bonchev–Trinajstić information content (AvgIpc) is 1.89. The molecule has 1 aliphatic rings. The fourth-order valence-corrected chi connectivity index (χ4v) is 1.55. The highest BCUT2D eigenvalue weighted by atomic mass is 35.5. The van der Waals surface area contributed by atoms with Gasteiger partial charge in [0.05, 0.1) is 26.8 Å². The van der Waals surface area contributed by atoms with Crippen molar-refractivity contribution in [2.75, 3.05) is 39.9 Å². The third-order valence-corrected chi connectivity index (χ3v) is 2.31. The molecule has 0 N–H and O–H groups in total. The monoisotopic (exact) mass is 179 g/mol. The lowest BCUT2D eigenvalue weighted by Gasteiger charge is -2.37. The first kappa shape index (κ1) is 11.2. The number of nitrogens with zero attached hydrogens (tertiary/aromatic N) is 1. The van der Waals surface area contributed by atoms with Crippen molar-refractivity contribution in [2.24, 2.45) is 0 Å². The Morgan fingerprint density at radius 1 is 1.27 bits per heavy atom. The van der Waals surface area contributed by atoms with Crippen LogP contribution in [0.5, 0.6) is 0 Å². The molecule has 1 fully saturated rings. The first-order valence-corrected chi connectivity index (χ1v) is 4.18. The van der Waals surface area contributed by atoms with Gasteiger partial charge < -0.3 is 21.6 Å². The molecule has 0 aromatic carbocycles. The SMILES string of the molecule is CCC[N+]1(C)CCOCC1.[Cl-]. The van der Waals surface area contributed by atoms with Gasteiger partial charge >= 0.3 is 0 Å². The molecule has 0 aromatic rings. The number of rotatable bonds is 2. The number of quaternary nitrogens is 1. The Kier molecular flexibility index (Phi) is 5.06. The summed E-state index contributed by atoms with van der Waals surface area (Å²) in [5, 5.41) is 0. The van der Waals surface area contributed by atoms with Crippen LogP contribution in [0.1, 0.15) is 13.3 Å². The lowest BCUT2D eigenvalue weighted by atomic mass is 10.3. The van der Waals surface area contributed by atoms with Gasteiger partial charge in [0, 0.05) is 0 Å². The van der Waals surface area contributed by atoms with Gasteiger partial charge in [-0.15, -0.1) is 0 Å². The molecule has 1 heterocycles. The summed E-state index contributed by atoms with van der Waals surface area (Å²) in [4.78, 5) is 0. The zero-order valence-corrected chi connectivity index (χ0v) is 8.23. The van der Waals surface area contributed by atoms with E-state index in [0.717, 1.165) is 13.2 Å². The Hall–Kier alpha value is 0.210. The molecule has 0 atom stereocenters. The second-order valence-electron chi connectivity index (χ2n) is 3.40. The molecular weight excluding hydrogens is 162 g/mol. The molecule has 3 heteroatoms. The van der Waals surface area contributed by atoms with Crippen molar-refractivity contribution in [1.82, 2.24) is 0 Å². The van der Waals surface area contributed by atoms with E-state index in [9.17, 15) is 0 Å². The van der Waals surface area contributed by atoms with Gasteiger partial charge in [0.2, 0.25) is 0 Å². The molecule has 0 radical (unpaired) electrons. The van der Waals surface area contributed by atoms with Gasteiger partial charge in [-0.25, -0.2) is 0 Å². The largest absolute Gasteiger partial charge is 1.00 e. The van der Waals surface area contributed by atoms with Gasteiger partial charge in [-0.3, -0.25) is 0 Å². The normalized spacial score (nSPS) is 22.4. The minimum Gasteiger partial charge on any atom is -1.00 e. The predicted molar refractivity (Wildman–Crippen MR) is 41.9 cm³/mol. The van der Waals surface area contributed by atoms with Crippen LogP contribution in [-0.2, 0) is 4.74 Å². The molecule has 1 aliphatic heterocycles. The van der Waals surface area contributed by atoms with Crippen molar-refractivity contribution in [3.63, 3.8) is 0 Å². The lowest BCUT2D eigenvalue weighted by Crippen LogP contribution is -3.00. The number of halogens is 1. The average molecular weight is 180 g/mol. The maximum absolute atomic E-state index is 5.30. The summed E-state index contributed by atoms with van der Waals surface area (Å²) in [7, 11) is 2.33. The van der Waals surface area contributed by atoms with Crippen molar-refractivity contribution >= 4 is 0 Å². The number of morpholine rings is 1. The first-order valence-electron chi connectivity index (χ1n) is 4.18. The smallest absolute Gasteiger partial charge is 0.102 e. The van der Waals surface area contributed by atoms with Crippen LogP contribution in [-0.4, -0.2) is 44.4 Å². The molecule has 2 nitrogen and oxygen atoms in total. The second-order valence-corrected chi connectivity index (χ2v) is 3.40. The van der Waals surface area contributed by atoms with Crippen LogP contribution in [0.4, 0.5) is 0 Å². The van der Waals surface area contributed by atoms with Gasteiger partial charge in [0.25, 0.3) is 0 Å². The fraction of sp³-hybridized carbons (Fsp3) is 1.00. The number of ether oxygens (including phenoxy) is 1. The van der Waals surface area contributed by atoms with E-state index in [1.54, 1.807) is 0 Å². The number of likely N-dealkylation sites (N-methyl/N-ethyl adjacent to an activating group) is 1. The predicted octanol–water partition coefficient (Wildman–Crippen LogP) is -2.12. The zero-order chi connectivity index (χ0) is 7.45. The third-order valence-electron chi connectivity index (χ3n) is 2.31. The highest BCUT2D eigenvalue weighted by molar-refractivity contribution is 4.45. The Morgan fingerprint density at radius 2 is 1.82 bits per heavy atom. The number of hydrogen-bond acceptors (Lipinski definition) is 1. The summed E-state index contributed by atoms with van der Waals surface area (Å²) in [6.45, 7) is 7.87. The topological polar surface area (TPSA) is 9.23 Å². The van der Waals surface area contributed by atoms with E-state index in [1.165, 1.54) is 30.5 Å². The van der Waals surface area contributed by atoms with Crippen LogP contribution in [0.3, 0.4) is 0 Å². The van der Waals surface area contributed by atoms with Crippen LogP contribution < -0.4 is 12.4 Å². The van der Waals surface area contributed by atoms with E-state index < -0.39 is 0 Å². The zero-order valence-electron chi connectivity index (χ0n) is 7.48. The molecule has 11 heavy (non-hydrogen) atoms. The van der Waals surface area contributed by atoms with Gasteiger partial charge in [0.1, 0.15) is 13.1 Å². The minimum absolute atomic E-state index is 0. The highest BCUT2D eigenvalue weighted by Gasteiger charge is 2.23. The summed E-state index contributed by atoms with van der Waals surface area (Å²) in [6, 6.07) is 0. The summed E-state index contributed by atoms with van der Waals surface area (Å²) in [6.07, 6.45) is 1.29. The van der Waals surface area contributed by atoms with E-state index in [4.69, 9.17) is 4.74 Å². The Balaban J connectivity index is 0.000001000. The molecule has 0 unspecified atom stereocenters. The summed E-state index contributed by atoms with van der Waals surface area (Å²) >= 11 is 0. The number of hydrogen-bond donors (Lipinski definition) is 0. The maximum Gasteiger partial charge on any atom is 0.102 e. The molecule has 0 spiro atoms. The fourth-order valence-electron chi connectivity index (χ4n) is 1.55. The van der Waals surface area contributed by atoms with Crippen LogP contribution in [0, 0.1) is 0 Å². The van der Waals surface area contributed by atoms with Gasteiger partial charge in [0.15, 0.2) is 0 Å². The summed E-state index contributed by atoms with van der Waals surface area (Å²) < 4.78 is 6.51. The molecule has 0 aromatic heterocycles. The Labute approximate surface area is 75.5 Å². The molecule has 1 saturated heterocycles. The molecule has 0 amide bonds. The minimum atomic E-state index is 0. The van der Waals surface area contributed by atoms with E-state index >= 15 is 0 Å². The van der Waals surface area contributed by atoms with E-state index in [2.05, 4.69) is 14.0 Å². The first-order chi connectivity index (χ1) is 4.77. The highest BCUT2D eigenvalue weighted by Crippen LogP contribution is 2.07. The van der Waals surface area contributed by atoms with Crippen molar-refractivity contribution in [1.29, 1.82) is 0 Å². The van der Waals surface area contributed by atoms with Crippen LogP contribution in [0.15, 0.2) is 0 Å². The van der Waals surface area contributed by atoms with Crippen molar-refractivity contribution < 1.29 is 21.6 Å². The molecular formula is C8H18ClNO. The van der Waals surface area contributed by atoms with Crippen molar-refractivity contribution in [2.45, 2.75) is 13.3 Å². The van der Waals surface area contributed by atoms with Crippen LogP contribution in [0.2, 0.25) is 0 Å². The van der Waals surface area contributed by atoms with Crippen molar-refractivity contribution in [3.8, 4) is 0 Å². The third kappa shape index (κ3) is 3.41. The van der Waals surface area contributed by atoms with Crippen LogP contribution >= 0.6 is 0 Å². The Bertz CT molecular complexity index is 96.8. The van der Waals surface area contributed by atoms with Gasteiger partial charge in [-0.1, -0.05) is 6.92 Å². The molecule has 0 bridgehead atoms. The Morgan fingerprint density at radius 3 is 2.27 bits per heavy atom. The molecule has 0 saturated carbocycles. The van der Waals surface area contributed by atoms with Gasteiger partial charge in [-0.2, -0.15) is 0 Å². The second kappa shape index (κ2) is 4.96. The van der Waals surface area contributed by atoms with Crippen molar-refractivity contribution in [3.05, 3.63) is 0 Å². The van der Waals surface area contributed by atoms with E-state index in [1.807, 2.05) is 0 Å². The summed E-state index contributed by atoms with van der Waals surface area (Å²) in [5.41, 5.74) is 0. The van der Waals surface area contributed by atoms with E-state index in [0.29, 0.717) is 0 Å². The van der Waals surface area contributed by atoms with Crippen LogP contribution in [0.25, 0.3) is 0 Å². The standard InChI is InChI=1S/C8H18NO.ClH/c1-3-4-9(2)5-7-10-8-6-9;/h3-8H2,1-2H3;1H/q+1;/p-1. The lowest BCUT2D eigenvalue weighted by molar-refractivity contribution is -0.916. The quantitative estimate of drug-likeness (QED) is 0.441.